The van der Waals surface area contributed by atoms with E-state index in [0.29, 0.717) is 33.9 Å². The molecule has 3 amide bonds. The molecular formula is C28H29ClN4O5S. The van der Waals surface area contributed by atoms with Gasteiger partial charge in [0.1, 0.15) is 6.04 Å². The van der Waals surface area contributed by atoms with Crippen LogP contribution in [0.1, 0.15) is 30.0 Å². The molecule has 0 fully saturated rings. The van der Waals surface area contributed by atoms with Crippen LogP contribution < -0.4 is 20.7 Å². The second-order valence-electron chi connectivity index (χ2n) is 9.54. The summed E-state index contributed by atoms with van der Waals surface area (Å²) in [7, 11) is -4.34. The molecule has 39 heavy (non-hydrogen) atoms. The molecule has 204 valence electrons. The van der Waals surface area contributed by atoms with Gasteiger partial charge >= 0.3 is 0 Å². The van der Waals surface area contributed by atoms with Crippen molar-refractivity contribution in [1.29, 1.82) is 0 Å². The summed E-state index contributed by atoms with van der Waals surface area (Å²) >= 11 is 6.23. The smallest absolute Gasteiger partial charge is 0.265 e. The molecule has 3 aromatic rings. The Morgan fingerprint density at radius 1 is 1.08 bits per heavy atom. The minimum atomic E-state index is -4.34. The number of nitrogens with one attached hydrogen (secondary N) is 2. The van der Waals surface area contributed by atoms with Gasteiger partial charge in [0.15, 0.2) is 0 Å². The van der Waals surface area contributed by atoms with Gasteiger partial charge in [-0.3, -0.25) is 18.7 Å². The van der Waals surface area contributed by atoms with E-state index in [1.54, 1.807) is 68.4 Å². The second kappa shape index (κ2) is 11.1. The van der Waals surface area contributed by atoms with E-state index in [1.807, 2.05) is 0 Å². The molecule has 0 radical (unpaired) electrons. The maximum atomic E-state index is 14.2. The Morgan fingerprint density at radius 3 is 2.38 bits per heavy atom. The minimum Gasteiger partial charge on any atom is -0.369 e. The normalized spacial score (nSPS) is 15.7. The van der Waals surface area contributed by atoms with Crippen molar-refractivity contribution in [2.75, 3.05) is 14.9 Å². The van der Waals surface area contributed by atoms with Crippen LogP contribution in [0.5, 0.6) is 0 Å². The zero-order chi connectivity index (χ0) is 28.5. The van der Waals surface area contributed by atoms with Crippen LogP contribution in [0.4, 0.5) is 17.1 Å². The van der Waals surface area contributed by atoms with Gasteiger partial charge in [-0.05, 0) is 79.8 Å². The number of carbonyl (C=O) groups excluding carboxylic acids is 3. The monoisotopic (exact) mass is 568 g/mol. The summed E-state index contributed by atoms with van der Waals surface area (Å²) in [6, 6.07) is 15.1. The van der Waals surface area contributed by atoms with E-state index in [1.165, 1.54) is 13.0 Å². The number of nitrogens with zero attached hydrogens (tertiary/aromatic N) is 1. The quantitative estimate of drug-likeness (QED) is 0.374. The molecule has 4 rings (SSSR count). The zero-order valence-corrected chi connectivity index (χ0v) is 23.3. The Labute approximate surface area is 232 Å². The molecule has 2 atom stereocenters. The number of amides is 3. The van der Waals surface area contributed by atoms with Crippen molar-refractivity contribution < 1.29 is 22.8 Å². The third-order valence-electron chi connectivity index (χ3n) is 6.68. The summed E-state index contributed by atoms with van der Waals surface area (Å²) in [6.45, 7) is 4.73. The Kier molecular flexibility index (Phi) is 7.99. The number of nitrogens with two attached hydrogens (primary N) is 1. The van der Waals surface area contributed by atoms with Crippen molar-refractivity contribution in [1.82, 2.24) is 0 Å². The highest BCUT2D eigenvalue weighted by molar-refractivity contribution is 7.93. The van der Waals surface area contributed by atoms with Crippen molar-refractivity contribution in [2.24, 2.45) is 11.7 Å². The lowest BCUT2D eigenvalue weighted by atomic mass is 9.89. The van der Waals surface area contributed by atoms with E-state index >= 15 is 0 Å². The first kappa shape index (κ1) is 28.1. The van der Waals surface area contributed by atoms with E-state index in [4.69, 9.17) is 17.3 Å². The summed E-state index contributed by atoms with van der Waals surface area (Å²) in [5.74, 6) is -2.79. The highest BCUT2D eigenvalue weighted by Crippen LogP contribution is 2.40. The summed E-state index contributed by atoms with van der Waals surface area (Å²) in [5.41, 5.74) is 8.75. The number of sulfonamides is 1. The van der Waals surface area contributed by atoms with Gasteiger partial charge < -0.3 is 16.4 Å². The third-order valence-corrected chi connectivity index (χ3v) is 9.02. The standard InChI is InChI=1S/C28H29ClN4O5S/c1-16-15-25(17(2)14-22(16)29)39(37,38)33-24-7-5-4-6-23(24)32-28(36)26(33)21(27(30)35)13-10-19-8-11-20(12-9-19)31-18(3)34/h4-9,11-12,14-15,21,26H,10,13H2,1-3H3,(H2,30,35)(H,31,34)(H,32,36)/t21?,26-/m1/s1. The van der Waals surface area contributed by atoms with Crippen molar-refractivity contribution in [3.8, 4) is 0 Å². The van der Waals surface area contributed by atoms with E-state index in [9.17, 15) is 22.8 Å². The first-order valence-electron chi connectivity index (χ1n) is 12.3. The fourth-order valence-corrected chi connectivity index (χ4v) is 6.92. The van der Waals surface area contributed by atoms with Gasteiger partial charge in [0.2, 0.25) is 17.7 Å². The molecule has 0 bridgehead atoms. The Balaban J connectivity index is 1.76. The first-order chi connectivity index (χ1) is 18.4. The van der Waals surface area contributed by atoms with Crippen molar-refractivity contribution >= 4 is 56.4 Å². The molecule has 1 aliphatic heterocycles. The number of anilines is 3. The van der Waals surface area contributed by atoms with Crippen LogP contribution in [0.2, 0.25) is 5.02 Å². The number of primary amides is 1. The van der Waals surface area contributed by atoms with Gasteiger partial charge in [-0.2, -0.15) is 0 Å². The van der Waals surface area contributed by atoms with Gasteiger partial charge in [0.05, 0.1) is 22.2 Å². The number of rotatable bonds is 8. The lowest BCUT2D eigenvalue weighted by molar-refractivity contribution is -0.127. The van der Waals surface area contributed by atoms with Crippen LogP contribution in [0.3, 0.4) is 0 Å². The van der Waals surface area contributed by atoms with E-state index in [0.717, 1.165) is 9.87 Å². The van der Waals surface area contributed by atoms with Gasteiger partial charge in [-0.1, -0.05) is 35.9 Å². The Morgan fingerprint density at radius 2 is 1.74 bits per heavy atom. The Bertz CT molecular complexity index is 1560. The average Bonchev–Trinajstić information content (AvgIpc) is 2.86. The van der Waals surface area contributed by atoms with E-state index in [-0.39, 0.29) is 22.9 Å². The third kappa shape index (κ3) is 5.76. The molecule has 1 aliphatic rings. The minimum absolute atomic E-state index is 0.0179. The SMILES string of the molecule is CC(=O)Nc1ccc(CCC(C(N)=O)[C@@H]2C(=O)Nc3ccccc3N2S(=O)(=O)c2cc(C)c(Cl)cc2C)cc1. The van der Waals surface area contributed by atoms with Gasteiger partial charge in [-0.15, -0.1) is 0 Å². The predicted molar refractivity (Wildman–Crippen MR) is 151 cm³/mol. The zero-order valence-electron chi connectivity index (χ0n) is 21.7. The molecule has 4 N–H and O–H groups in total. The summed E-state index contributed by atoms with van der Waals surface area (Å²) in [5, 5.41) is 5.84. The van der Waals surface area contributed by atoms with Gasteiger partial charge in [-0.25, -0.2) is 8.42 Å². The average molecular weight is 569 g/mol. The van der Waals surface area contributed by atoms with Gasteiger partial charge in [0.25, 0.3) is 10.0 Å². The van der Waals surface area contributed by atoms with Crippen LogP contribution >= 0.6 is 11.6 Å². The molecule has 0 aromatic heterocycles. The van der Waals surface area contributed by atoms with Crippen LogP contribution in [-0.2, 0) is 30.8 Å². The summed E-state index contributed by atoms with van der Waals surface area (Å²) < 4.78 is 29.5. The highest BCUT2D eigenvalue weighted by atomic mass is 35.5. The number of fused-ring (bicyclic) bond motifs is 1. The molecule has 0 spiro atoms. The van der Waals surface area contributed by atoms with Crippen LogP contribution in [0.25, 0.3) is 0 Å². The predicted octanol–water partition coefficient (Wildman–Crippen LogP) is 4.17. The lowest BCUT2D eigenvalue weighted by Crippen LogP contribution is -2.57. The van der Waals surface area contributed by atoms with Crippen molar-refractivity contribution in [3.05, 3.63) is 82.4 Å². The Hall–Kier alpha value is -3.89. The number of hydrogen-bond acceptors (Lipinski definition) is 5. The van der Waals surface area contributed by atoms with Crippen molar-refractivity contribution in [3.63, 3.8) is 0 Å². The lowest BCUT2D eigenvalue weighted by Gasteiger charge is -2.40. The molecule has 1 unspecified atom stereocenters. The number of halogens is 1. The van der Waals surface area contributed by atoms with Gasteiger partial charge in [0, 0.05) is 17.6 Å². The molecule has 0 saturated carbocycles. The molecule has 0 saturated heterocycles. The maximum absolute atomic E-state index is 14.2. The summed E-state index contributed by atoms with van der Waals surface area (Å²) in [6.07, 6.45) is 0.450. The molecule has 9 nitrogen and oxygen atoms in total. The first-order valence-corrected chi connectivity index (χ1v) is 14.1. The molecule has 11 heteroatoms. The van der Waals surface area contributed by atoms with E-state index in [2.05, 4.69) is 10.6 Å². The highest BCUT2D eigenvalue weighted by Gasteiger charge is 2.47. The second-order valence-corrected chi connectivity index (χ2v) is 11.7. The van der Waals surface area contributed by atoms with Crippen LogP contribution in [-0.4, -0.2) is 32.2 Å². The largest absolute Gasteiger partial charge is 0.369 e. The summed E-state index contributed by atoms with van der Waals surface area (Å²) in [4.78, 5) is 37.5. The fraction of sp³-hybridized carbons (Fsp3) is 0.250. The van der Waals surface area contributed by atoms with Crippen LogP contribution in [0.15, 0.2) is 65.6 Å². The molecule has 3 aromatic carbocycles. The number of aryl methyl sites for hydroxylation is 3. The molecule has 0 aliphatic carbocycles. The van der Waals surface area contributed by atoms with Crippen LogP contribution in [0, 0.1) is 19.8 Å². The van der Waals surface area contributed by atoms with Crippen molar-refractivity contribution in [2.45, 2.75) is 44.6 Å². The number of carbonyl (C=O) groups is 3. The number of para-hydroxylation sites is 2. The maximum Gasteiger partial charge on any atom is 0.265 e. The number of benzene rings is 3. The fourth-order valence-electron chi connectivity index (χ4n) is 4.73. The molecular weight excluding hydrogens is 540 g/mol. The number of hydrogen-bond donors (Lipinski definition) is 3. The topological polar surface area (TPSA) is 139 Å². The molecule has 1 heterocycles. The van der Waals surface area contributed by atoms with E-state index < -0.39 is 33.8 Å².